The number of fused-ring (bicyclic) bond motifs is 3. The first-order valence-electron chi connectivity index (χ1n) is 9.95. The monoisotopic (exact) mass is 424 g/mol. The van der Waals surface area contributed by atoms with Gasteiger partial charge in [-0.25, -0.2) is 0 Å². The van der Waals surface area contributed by atoms with E-state index < -0.39 is 0 Å². The van der Waals surface area contributed by atoms with Crippen LogP contribution in [0.4, 0.5) is 5.69 Å². The third-order valence-electron chi connectivity index (χ3n) is 5.05. The van der Waals surface area contributed by atoms with E-state index in [9.17, 15) is 4.79 Å². The van der Waals surface area contributed by atoms with Gasteiger partial charge in [-0.15, -0.1) is 21.5 Å². The number of rotatable bonds is 7. The lowest BCUT2D eigenvalue weighted by Crippen LogP contribution is -2.25. The minimum Gasteiger partial charge on any atom is -0.325 e. The van der Waals surface area contributed by atoms with Gasteiger partial charge in [-0.1, -0.05) is 50.7 Å². The minimum atomic E-state index is -0.238. The SMILES string of the molecule is CCc1ccccc1NC(=O)[C@@H](CC)Sc1nnc(CC)n2c1cc1sccc12. The first kappa shape index (κ1) is 19.9. The van der Waals surface area contributed by atoms with E-state index in [2.05, 4.69) is 57.3 Å². The number of hydrogen-bond donors (Lipinski definition) is 1. The van der Waals surface area contributed by atoms with Crippen molar-refractivity contribution in [3.8, 4) is 0 Å². The van der Waals surface area contributed by atoms with Crippen molar-refractivity contribution in [1.82, 2.24) is 14.6 Å². The van der Waals surface area contributed by atoms with E-state index in [4.69, 9.17) is 0 Å². The topological polar surface area (TPSA) is 59.3 Å². The predicted molar refractivity (Wildman–Crippen MR) is 122 cm³/mol. The van der Waals surface area contributed by atoms with Crippen LogP contribution in [0.5, 0.6) is 0 Å². The molecule has 0 unspecified atom stereocenters. The number of para-hydroxylation sites is 1. The molecule has 0 aliphatic rings. The van der Waals surface area contributed by atoms with Crippen LogP contribution >= 0.6 is 23.1 Å². The van der Waals surface area contributed by atoms with Crippen LogP contribution in [0.1, 0.15) is 38.6 Å². The maximum absolute atomic E-state index is 13.0. The molecule has 0 aliphatic carbocycles. The lowest BCUT2D eigenvalue weighted by atomic mass is 10.1. The van der Waals surface area contributed by atoms with Gasteiger partial charge in [0, 0.05) is 12.1 Å². The number of hydrogen-bond acceptors (Lipinski definition) is 5. The summed E-state index contributed by atoms with van der Waals surface area (Å²) in [4.78, 5) is 13.0. The Hall–Kier alpha value is -2.38. The number of carbonyl (C=O) groups excluding carboxylic acids is 1. The van der Waals surface area contributed by atoms with Gasteiger partial charge >= 0.3 is 0 Å². The van der Waals surface area contributed by atoms with Crippen molar-refractivity contribution in [2.75, 3.05) is 5.32 Å². The molecule has 0 radical (unpaired) electrons. The Morgan fingerprint density at radius 3 is 2.72 bits per heavy atom. The largest absolute Gasteiger partial charge is 0.325 e. The molecule has 3 heterocycles. The van der Waals surface area contributed by atoms with Crippen molar-refractivity contribution in [2.45, 2.75) is 50.3 Å². The van der Waals surface area contributed by atoms with Gasteiger partial charge in [-0.05, 0) is 42.0 Å². The van der Waals surface area contributed by atoms with Crippen molar-refractivity contribution < 1.29 is 4.79 Å². The molecule has 0 saturated carbocycles. The average molecular weight is 425 g/mol. The molecule has 0 spiro atoms. The molecule has 4 aromatic rings. The number of amides is 1. The molecule has 0 fully saturated rings. The summed E-state index contributed by atoms with van der Waals surface area (Å²) >= 11 is 3.21. The Kier molecular flexibility index (Phi) is 5.87. The molecule has 0 bridgehead atoms. The van der Waals surface area contributed by atoms with Gasteiger partial charge < -0.3 is 5.32 Å². The smallest absolute Gasteiger partial charge is 0.237 e. The highest BCUT2D eigenvalue weighted by atomic mass is 32.2. The number of nitrogens with zero attached hydrogens (tertiary/aromatic N) is 3. The molecule has 7 heteroatoms. The zero-order valence-electron chi connectivity index (χ0n) is 16.8. The highest BCUT2D eigenvalue weighted by Gasteiger charge is 2.22. The van der Waals surface area contributed by atoms with Crippen LogP contribution in [0, 0.1) is 0 Å². The van der Waals surface area contributed by atoms with Crippen molar-refractivity contribution in [2.24, 2.45) is 0 Å². The number of nitrogens with one attached hydrogen (secondary N) is 1. The van der Waals surface area contributed by atoms with E-state index in [1.54, 1.807) is 11.3 Å². The fraction of sp³-hybridized carbons (Fsp3) is 0.318. The van der Waals surface area contributed by atoms with Crippen LogP contribution in [0.2, 0.25) is 0 Å². The summed E-state index contributed by atoms with van der Waals surface area (Å²) in [6.07, 6.45) is 2.40. The second kappa shape index (κ2) is 8.55. The van der Waals surface area contributed by atoms with E-state index in [1.165, 1.54) is 16.5 Å². The van der Waals surface area contributed by atoms with Gasteiger partial charge in [0.15, 0.2) is 0 Å². The molecule has 0 aliphatic heterocycles. The first-order valence-corrected chi connectivity index (χ1v) is 11.7. The van der Waals surface area contributed by atoms with Gasteiger partial charge in [-0.2, -0.15) is 0 Å². The summed E-state index contributed by atoms with van der Waals surface area (Å²) in [6.45, 7) is 6.21. The second-order valence-corrected chi connectivity index (χ2v) is 8.96. The van der Waals surface area contributed by atoms with Gasteiger partial charge in [0.2, 0.25) is 5.91 Å². The molecule has 4 rings (SSSR count). The molecule has 29 heavy (non-hydrogen) atoms. The molecule has 1 atom stereocenters. The quantitative estimate of drug-likeness (QED) is 0.394. The van der Waals surface area contributed by atoms with Crippen LogP contribution in [-0.4, -0.2) is 25.8 Å². The maximum Gasteiger partial charge on any atom is 0.237 e. The summed E-state index contributed by atoms with van der Waals surface area (Å²) in [5, 5.41) is 14.7. The Labute approximate surface area is 178 Å². The van der Waals surface area contributed by atoms with Crippen LogP contribution in [-0.2, 0) is 17.6 Å². The minimum absolute atomic E-state index is 0.00582. The highest BCUT2D eigenvalue weighted by Crippen LogP contribution is 2.34. The van der Waals surface area contributed by atoms with Crippen molar-refractivity contribution >= 4 is 50.4 Å². The molecule has 3 aromatic heterocycles. The predicted octanol–water partition coefficient (Wildman–Crippen LogP) is 5.58. The van der Waals surface area contributed by atoms with Crippen molar-refractivity contribution in [1.29, 1.82) is 0 Å². The van der Waals surface area contributed by atoms with Crippen molar-refractivity contribution in [3.63, 3.8) is 0 Å². The van der Waals surface area contributed by atoms with Gasteiger partial charge in [0.25, 0.3) is 0 Å². The van der Waals surface area contributed by atoms with E-state index in [-0.39, 0.29) is 11.2 Å². The molecule has 1 amide bonds. The van der Waals surface area contributed by atoms with Gasteiger partial charge in [-0.3, -0.25) is 9.20 Å². The average Bonchev–Trinajstić information content (AvgIpc) is 3.34. The number of anilines is 1. The molecule has 150 valence electrons. The normalized spacial score (nSPS) is 12.5. The van der Waals surface area contributed by atoms with Crippen LogP contribution in [0.25, 0.3) is 15.7 Å². The van der Waals surface area contributed by atoms with Gasteiger partial charge in [0.1, 0.15) is 10.9 Å². The number of aromatic nitrogens is 3. The standard InChI is InChI=1S/C22H24N4OS2/c1-4-14-9-7-8-10-15(14)23-21(27)18(5-2)29-22-17-13-19-16(11-12-28-19)26(17)20(6-3)24-25-22/h7-13,18H,4-6H2,1-3H3,(H,23,27)/t18-/m1/s1. The van der Waals surface area contributed by atoms with Crippen LogP contribution < -0.4 is 5.32 Å². The van der Waals surface area contributed by atoms with Crippen molar-refractivity contribution in [3.05, 3.63) is 53.2 Å². The maximum atomic E-state index is 13.0. The summed E-state index contributed by atoms with van der Waals surface area (Å²) in [5.41, 5.74) is 4.22. The van der Waals surface area contributed by atoms with E-state index in [0.717, 1.165) is 46.0 Å². The molecule has 1 N–H and O–H groups in total. The Morgan fingerprint density at radius 2 is 1.97 bits per heavy atom. The van der Waals surface area contributed by atoms with E-state index in [1.807, 2.05) is 25.1 Å². The summed E-state index contributed by atoms with van der Waals surface area (Å²) in [6, 6.07) is 12.2. The molecular formula is C22H24N4OS2. The number of aryl methyl sites for hydroxylation is 2. The first-order chi connectivity index (χ1) is 14.2. The van der Waals surface area contributed by atoms with E-state index >= 15 is 0 Å². The second-order valence-electron chi connectivity index (χ2n) is 6.82. The summed E-state index contributed by atoms with van der Waals surface area (Å²) < 4.78 is 3.39. The lowest BCUT2D eigenvalue weighted by Gasteiger charge is -2.16. The number of carbonyl (C=O) groups is 1. The Balaban J connectivity index is 1.65. The van der Waals surface area contributed by atoms with Crippen LogP contribution in [0.15, 0.2) is 46.8 Å². The van der Waals surface area contributed by atoms with Crippen LogP contribution in [0.3, 0.4) is 0 Å². The number of thiophene rings is 1. The summed E-state index contributed by atoms with van der Waals surface area (Å²) in [5.74, 6) is 0.943. The fourth-order valence-electron chi connectivity index (χ4n) is 3.49. The van der Waals surface area contributed by atoms with Gasteiger partial charge in [0.05, 0.1) is 21.0 Å². The lowest BCUT2D eigenvalue weighted by molar-refractivity contribution is -0.115. The van der Waals surface area contributed by atoms with E-state index in [0.29, 0.717) is 6.42 Å². The third kappa shape index (κ3) is 3.76. The number of benzene rings is 1. The molecule has 0 saturated heterocycles. The molecular weight excluding hydrogens is 400 g/mol. The molecule has 1 aromatic carbocycles. The zero-order valence-corrected chi connectivity index (χ0v) is 18.4. The highest BCUT2D eigenvalue weighted by molar-refractivity contribution is 8.00. The zero-order chi connectivity index (χ0) is 20.4. The fourth-order valence-corrected chi connectivity index (χ4v) is 5.26. The molecule has 5 nitrogen and oxygen atoms in total. The summed E-state index contributed by atoms with van der Waals surface area (Å²) in [7, 11) is 0. The Morgan fingerprint density at radius 1 is 1.14 bits per heavy atom. The number of thioether (sulfide) groups is 1. The third-order valence-corrected chi connectivity index (χ3v) is 7.25. The Bertz CT molecular complexity index is 1160.